The monoisotopic (exact) mass is 514 g/mol. The first-order valence-corrected chi connectivity index (χ1v) is 13.1. The summed E-state index contributed by atoms with van der Waals surface area (Å²) in [6, 6.07) is 14.3. The summed E-state index contributed by atoms with van der Waals surface area (Å²) < 4.78 is 16.2. The molecule has 2 aliphatic rings. The van der Waals surface area contributed by atoms with Crippen LogP contribution in [-0.4, -0.2) is 55.2 Å². The van der Waals surface area contributed by atoms with E-state index in [1.165, 1.54) is 37.7 Å². The van der Waals surface area contributed by atoms with Crippen molar-refractivity contribution in [3.05, 3.63) is 58.6 Å². The first-order valence-electron chi connectivity index (χ1n) is 12.7. The number of ether oxygens (including phenoxy) is 3. The third kappa shape index (κ3) is 6.71. The molecular formula is C28H35ClN2O5. The van der Waals surface area contributed by atoms with Crippen LogP contribution in [0.3, 0.4) is 0 Å². The molecule has 2 aromatic rings. The SMILES string of the molecule is COc1cc(CN(CC2CCCCC2)[C@@H](C)c2ccc(Cl)cc2)ccc1OCCN1C(=O)COC1=O. The van der Waals surface area contributed by atoms with Crippen molar-refractivity contribution in [1.82, 2.24) is 9.80 Å². The Labute approximate surface area is 218 Å². The number of hydrogen-bond donors (Lipinski definition) is 0. The van der Waals surface area contributed by atoms with Crippen LogP contribution < -0.4 is 9.47 Å². The Bertz CT molecular complexity index is 1020. The number of hydrogen-bond acceptors (Lipinski definition) is 6. The van der Waals surface area contributed by atoms with Gasteiger partial charge in [0, 0.05) is 24.2 Å². The van der Waals surface area contributed by atoms with Crippen LogP contribution in [-0.2, 0) is 16.1 Å². The summed E-state index contributed by atoms with van der Waals surface area (Å²) in [5.41, 5.74) is 2.38. The fraction of sp³-hybridized carbons (Fsp3) is 0.500. The van der Waals surface area contributed by atoms with Crippen molar-refractivity contribution in [2.45, 2.75) is 51.6 Å². The number of nitrogens with zero attached hydrogens (tertiary/aromatic N) is 2. The van der Waals surface area contributed by atoms with Crippen molar-refractivity contribution in [3.8, 4) is 11.5 Å². The molecule has 2 aromatic carbocycles. The van der Waals surface area contributed by atoms with Gasteiger partial charge < -0.3 is 14.2 Å². The molecule has 0 bridgehead atoms. The van der Waals surface area contributed by atoms with Gasteiger partial charge in [-0.2, -0.15) is 0 Å². The molecule has 0 N–H and O–H groups in total. The second kappa shape index (κ2) is 12.5. The Morgan fingerprint density at radius 3 is 2.50 bits per heavy atom. The zero-order valence-corrected chi connectivity index (χ0v) is 21.8. The van der Waals surface area contributed by atoms with E-state index in [0.717, 1.165) is 28.6 Å². The quantitative estimate of drug-likeness (QED) is 0.374. The number of rotatable bonds is 11. The Balaban J connectivity index is 1.45. The van der Waals surface area contributed by atoms with E-state index in [2.05, 4.69) is 30.0 Å². The fourth-order valence-electron chi connectivity index (χ4n) is 5.02. The van der Waals surface area contributed by atoms with Crippen molar-refractivity contribution in [2.75, 3.05) is 33.4 Å². The predicted octanol–water partition coefficient (Wildman–Crippen LogP) is 5.85. The standard InChI is InChI=1S/C28H35ClN2O5/c1-20(23-9-11-24(29)12-10-23)30(17-21-6-4-3-5-7-21)18-22-8-13-25(26(16-22)34-2)35-15-14-31-27(32)19-36-28(31)33/h8-13,16,20-21H,3-7,14-15,17-19H2,1-2H3/t20-/m0/s1. The van der Waals surface area contributed by atoms with Gasteiger partial charge in [-0.3, -0.25) is 9.69 Å². The van der Waals surface area contributed by atoms with E-state index in [0.29, 0.717) is 17.4 Å². The smallest absolute Gasteiger partial charge is 0.417 e. The van der Waals surface area contributed by atoms with Crippen LogP contribution in [0.2, 0.25) is 5.02 Å². The van der Waals surface area contributed by atoms with Gasteiger partial charge in [0.05, 0.1) is 13.7 Å². The number of methoxy groups -OCH3 is 1. The van der Waals surface area contributed by atoms with Gasteiger partial charge in [-0.1, -0.05) is 49.1 Å². The minimum absolute atomic E-state index is 0.135. The fourth-order valence-corrected chi connectivity index (χ4v) is 5.15. The van der Waals surface area contributed by atoms with Crippen LogP contribution in [0.4, 0.5) is 4.79 Å². The van der Waals surface area contributed by atoms with Crippen LogP contribution in [0.1, 0.15) is 56.2 Å². The number of amides is 2. The molecule has 4 rings (SSSR count). The molecule has 1 saturated carbocycles. The molecule has 8 heteroatoms. The van der Waals surface area contributed by atoms with Crippen LogP contribution in [0, 0.1) is 5.92 Å². The molecule has 0 aromatic heterocycles. The molecule has 194 valence electrons. The lowest BCUT2D eigenvalue weighted by atomic mass is 9.88. The number of carbonyl (C=O) groups excluding carboxylic acids is 2. The number of cyclic esters (lactones) is 1. The Morgan fingerprint density at radius 2 is 1.83 bits per heavy atom. The summed E-state index contributed by atoms with van der Waals surface area (Å²) in [5, 5.41) is 0.746. The number of imide groups is 1. The molecule has 0 radical (unpaired) electrons. The van der Waals surface area contributed by atoms with Gasteiger partial charge in [0.15, 0.2) is 18.1 Å². The molecule has 2 fully saturated rings. The minimum atomic E-state index is -0.626. The summed E-state index contributed by atoms with van der Waals surface area (Å²) in [5.74, 6) is 1.56. The van der Waals surface area contributed by atoms with Crippen molar-refractivity contribution in [3.63, 3.8) is 0 Å². The van der Waals surface area contributed by atoms with Gasteiger partial charge in [-0.15, -0.1) is 0 Å². The number of benzene rings is 2. The minimum Gasteiger partial charge on any atom is -0.493 e. The second-order valence-electron chi connectivity index (χ2n) is 9.59. The van der Waals surface area contributed by atoms with E-state index in [1.807, 2.05) is 24.3 Å². The van der Waals surface area contributed by atoms with Gasteiger partial charge >= 0.3 is 6.09 Å². The van der Waals surface area contributed by atoms with Gasteiger partial charge in [0.25, 0.3) is 5.91 Å². The third-order valence-corrected chi connectivity index (χ3v) is 7.40. The Hall–Kier alpha value is -2.77. The van der Waals surface area contributed by atoms with Crippen molar-refractivity contribution < 1.29 is 23.8 Å². The van der Waals surface area contributed by atoms with E-state index < -0.39 is 6.09 Å². The van der Waals surface area contributed by atoms with Gasteiger partial charge in [0.2, 0.25) is 0 Å². The average Bonchev–Trinajstić information content (AvgIpc) is 3.22. The van der Waals surface area contributed by atoms with Crippen molar-refractivity contribution >= 4 is 23.6 Å². The van der Waals surface area contributed by atoms with Gasteiger partial charge in [0.1, 0.15) is 6.61 Å². The zero-order chi connectivity index (χ0) is 25.5. The Morgan fingerprint density at radius 1 is 1.08 bits per heavy atom. The number of halogens is 1. The lowest BCUT2D eigenvalue weighted by Crippen LogP contribution is -2.33. The molecule has 2 amide bonds. The van der Waals surface area contributed by atoms with Crippen LogP contribution in [0.25, 0.3) is 0 Å². The van der Waals surface area contributed by atoms with Crippen LogP contribution in [0.15, 0.2) is 42.5 Å². The van der Waals surface area contributed by atoms with Crippen molar-refractivity contribution in [1.29, 1.82) is 0 Å². The summed E-state index contributed by atoms with van der Waals surface area (Å²) in [6.45, 7) is 4.18. The van der Waals surface area contributed by atoms with E-state index in [1.54, 1.807) is 7.11 Å². The van der Waals surface area contributed by atoms with E-state index in [-0.39, 0.29) is 31.7 Å². The van der Waals surface area contributed by atoms with Crippen LogP contribution in [0.5, 0.6) is 11.5 Å². The zero-order valence-electron chi connectivity index (χ0n) is 21.1. The Kier molecular flexibility index (Phi) is 9.10. The first kappa shape index (κ1) is 26.3. The highest BCUT2D eigenvalue weighted by atomic mass is 35.5. The first-order chi connectivity index (χ1) is 17.4. The molecule has 0 unspecified atom stereocenters. The normalized spacial score (nSPS) is 17.4. The van der Waals surface area contributed by atoms with E-state index in [4.69, 9.17) is 25.8 Å². The number of carbonyl (C=O) groups is 2. The van der Waals surface area contributed by atoms with Gasteiger partial charge in [-0.05, 0) is 61.1 Å². The van der Waals surface area contributed by atoms with E-state index >= 15 is 0 Å². The van der Waals surface area contributed by atoms with Crippen molar-refractivity contribution in [2.24, 2.45) is 5.92 Å². The highest BCUT2D eigenvalue weighted by molar-refractivity contribution is 6.30. The molecular weight excluding hydrogens is 480 g/mol. The average molecular weight is 515 g/mol. The van der Waals surface area contributed by atoms with E-state index in [9.17, 15) is 9.59 Å². The lowest BCUT2D eigenvalue weighted by molar-refractivity contribution is -0.126. The molecule has 1 atom stereocenters. The molecule has 7 nitrogen and oxygen atoms in total. The molecule has 0 spiro atoms. The molecule has 1 heterocycles. The summed E-state index contributed by atoms with van der Waals surface area (Å²) in [6.07, 6.45) is 5.91. The summed E-state index contributed by atoms with van der Waals surface area (Å²) >= 11 is 6.14. The largest absolute Gasteiger partial charge is 0.493 e. The van der Waals surface area contributed by atoms with Crippen LogP contribution >= 0.6 is 11.6 Å². The summed E-state index contributed by atoms with van der Waals surface area (Å²) in [7, 11) is 1.61. The highest BCUT2D eigenvalue weighted by Gasteiger charge is 2.30. The second-order valence-corrected chi connectivity index (χ2v) is 10.0. The maximum absolute atomic E-state index is 11.7. The third-order valence-electron chi connectivity index (χ3n) is 7.14. The topological polar surface area (TPSA) is 68.3 Å². The maximum atomic E-state index is 11.7. The molecule has 1 aliphatic carbocycles. The maximum Gasteiger partial charge on any atom is 0.417 e. The molecule has 1 aliphatic heterocycles. The lowest BCUT2D eigenvalue weighted by Gasteiger charge is -2.34. The highest BCUT2D eigenvalue weighted by Crippen LogP contribution is 2.33. The summed E-state index contributed by atoms with van der Waals surface area (Å²) in [4.78, 5) is 26.9. The van der Waals surface area contributed by atoms with Gasteiger partial charge in [-0.25, -0.2) is 9.69 Å². The molecule has 36 heavy (non-hydrogen) atoms. The molecule has 1 saturated heterocycles. The predicted molar refractivity (Wildman–Crippen MR) is 138 cm³/mol.